The number of halogens is 7. The second-order valence-electron chi connectivity index (χ2n) is 12.5. The molecule has 0 saturated carbocycles. The minimum atomic E-state index is -5.77. The number of pyridine rings is 1. The molecule has 2 aliphatic heterocycles. The molecule has 2 aliphatic rings. The SMILES string of the molecule is N#Cc1cccc(S(=O)(=O)N2CCC(CC(=O)Nc3ccc4cc3CCc3cncc(c3)Nc3ncc(Cl)c(n3)N4)CC2)c1.O=C(C(=O)C(F)(F)F)C(F)(F)F. The van der Waals surface area contributed by atoms with E-state index in [1.807, 2.05) is 36.5 Å². The number of ketones is 2. The number of aromatic nitrogens is 3. The first-order valence-corrected chi connectivity index (χ1v) is 18.3. The highest BCUT2D eigenvalue weighted by atomic mass is 35.5. The molecular weight excluding hydrogens is 794 g/mol. The molecule has 0 atom stereocenters. The highest BCUT2D eigenvalue weighted by Gasteiger charge is 2.54. The van der Waals surface area contributed by atoms with Gasteiger partial charge in [-0.1, -0.05) is 17.7 Å². The van der Waals surface area contributed by atoms with Crippen LogP contribution in [0, 0.1) is 17.2 Å². The maximum absolute atomic E-state index is 13.2. The van der Waals surface area contributed by atoms with Crippen molar-refractivity contribution in [2.75, 3.05) is 29.0 Å². The van der Waals surface area contributed by atoms with Crippen LogP contribution in [0.2, 0.25) is 5.02 Å². The molecule has 4 heterocycles. The summed E-state index contributed by atoms with van der Waals surface area (Å²) in [5.74, 6) is -6.06. The van der Waals surface area contributed by atoms with Gasteiger partial charge in [0.25, 0.3) is 0 Å². The maximum Gasteiger partial charge on any atom is 0.458 e. The summed E-state index contributed by atoms with van der Waals surface area (Å²) in [6, 6.07) is 15.7. The Balaban J connectivity index is 0.000000433. The minimum Gasteiger partial charge on any atom is -0.339 e. The zero-order valence-electron chi connectivity index (χ0n) is 28.7. The van der Waals surface area contributed by atoms with Gasteiger partial charge in [0, 0.05) is 37.1 Å². The topological polar surface area (TPSA) is 187 Å². The molecular formula is C35H29ClF6N8O5S. The molecule has 2 aromatic heterocycles. The van der Waals surface area contributed by atoms with Gasteiger partial charge in [-0.2, -0.15) is 40.9 Å². The van der Waals surface area contributed by atoms with Crippen molar-refractivity contribution in [2.45, 2.75) is 49.4 Å². The third kappa shape index (κ3) is 10.6. The zero-order chi connectivity index (χ0) is 40.8. The molecule has 4 aromatic rings. The van der Waals surface area contributed by atoms with E-state index in [0.717, 1.165) is 22.5 Å². The van der Waals surface area contributed by atoms with Gasteiger partial charge in [0.05, 0.1) is 34.6 Å². The van der Waals surface area contributed by atoms with Gasteiger partial charge in [-0.05, 0) is 85.2 Å². The first-order chi connectivity index (χ1) is 26.3. The van der Waals surface area contributed by atoms with Crippen LogP contribution in [0.4, 0.5) is 55.2 Å². The van der Waals surface area contributed by atoms with Gasteiger partial charge in [-0.25, -0.2) is 13.4 Å². The summed E-state index contributed by atoms with van der Waals surface area (Å²) < 4.78 is 94.6. The van der Waals surface area contributed by atoms with E-state index in [2.05, 4.69) is 30.9 Å². The largest absolute Gasteiger partial charge is 0.458 e. The fourth-order valence-corrected chi connectivity index (χ4v) is 7.36. The van der Waals surface area contributed by atoms with Crippen molar-refractivity contribution < 1.29 is 49.1 Å². The van der Waals surface area contributed by atoms with Gasteiger partial charge in [-0.3, -0.25) is 19.4 Å². The number of anilines is 5. The van der Waals surface area contributed by atoms with Gasteiger partial charge in [0.15, 0.2) is 5.82 Å². The van der Waals surface area contributed by atoms with Crippen LogP contribution in [0.25, 0.3) is 0 Å². The van der Waals surface area contributed by atoms with E-state index in [9.17, 15) is 49.1 Å². The summed E-state index contributed by atoms with van der Waals surface area (Å²) in [5.41, 5.74) is 4.48. The molecule has 0 aliphatic carbocycles. The first kappa shape index (κ1) is 41.5. The molecule has 56 heavy (non-hydrogen) atoms. The van der Waals surface area contributed by atoms with Gasteiger partial charge >= 0.3 is 23.9 Å². The van der Waals surface area contributed by atoms with Crippen LogP contribution in [0.5, 0.6) is 0 Å². The first-order valence-electron chi connectivity index (χ1n) is 16.5. The van der Waals surface area contributed by atoms with Crippen molar-refractivity contribution in [1.82, 2.24) is 19.3 Å². The van der Waals surface area contributed by atoms with Gasteiger partial charge in [-0.15, -0.1) is 0 Å². The molecule has 13 nitrogen and oxygen atoms in total. The van der Waals surface area contributed by atoms with Crippen LogP contribution in [-0.4, -0.2) is 70.6 Å². The predicted octanol–water partition coefficient (Wildman–Crippen LogP) is 6.66. The fourth-order valence-electron chi connectivity index (χ4n) is 5.70. The number of carbonyl (C=O) groups excluding carboxylic acids is 3. The quantitative estimate of drug-likeness (QED) is 0.139. The van der Waals surface area contributed by atoms with Crippen LogP contribution in [-0.2, 0) is 37.2 Å². The smallest absolute Gasteiger partial charge is 0.339 e. The van der Waals surface area contributed by atoms with Gasteiger partial charge in [0.2, 0.25) is 21.9 Å². The molecule has 1 fully saturated rings. The summed E-state index contributed by atoms with van der Waals surface area (Å²) >= 11 is 6.37. The second-order valence-corrected chi connectivity index (χ2v) is 14.8. The lowest BCUT2D eigenvalue weighted by Gasteiger charge is -2.31. The number of nitriles is 1. The van der Waals surface area contributed by atoms with Crippen LogP contribution in [0.3, 0.4) is 0 Å². The van der Waals surface area contributed by atoms with Crippen molar-refractivity contribution in [3.05, 3.63) is 88.8 Å². The molecule has 2 aromatic carbocycles. The van der Waals surface area contributed by atoms with E-state index in [-0.39, 0.29) is 23.1 Å². The Labute approximate surface area is 320 Å². The monoisotopic (exact) mass is 822 g/mol. The summed E-state index contributed by atoms with van der Waals surface area (Å²) in [4.78, 5) is 45.7. The van der Waals surface area contributed by atoms with E-state index >= 15 is 0 Å². The number of nitrogens with one attached hydrogen (secondary N) is 3. The lowest BCUT2D eigenvalue weighted by Crippen LogP contribution is -2.39. The summed E-state index contributed by atoms with van der Waals surface area (Å²) in [6.07, 6.45) is -3.74. The van der Waals surface area contributed by atoms with Gasteiger partial charge < -0.3 is 16.0 Å². The number of piperidine rings is 1. The van der Waals surface area contributed by atoms with Crippen LogP contribution >= 0.6 is 11.6 Å². The number of alkyl halides is 6. The molecule has 6 bridgehead atoms. The third-order valence-electron chi connectivity index (χ3n) is 8.49. The number of aryl methyl sites for hydroxylation is 2. The predicted molar refractivity (Wildman–Crippen MR) is 190 cm³/mol. The average molecular weight is 823 g/mol. The Morgan fingerprint density at radius 3 is 2.27 bits per heavy atom. The Morgan fingerprint density at radius 1 is 0.911 bits per heavy atom. The fraction of sp³-hybridized carbons (Fsp3) is 0.286. The Bertz CT molecular complexity index is 2270. The van der Waals surface area contributed by atoms with Crippen LogP contribution in [0.15, 0.2) is 72.0 Å². The van der Waals surface area contributed by atoms with E-state index in [4.69, 9.17) is 16.9 Å². The molecule has 0 unspecified atom stereocenters. The molecule has 3 N–H and O–H groups in total. The standard InChI is InChI=1S/C31H29ClN8O3S.C4F6O2/c32-27-19-35-31-37-25-12-22(17-34-18-25)4-5-23-15-24(36-30(27)39-31)6-7-28(23)38-29(41)14-20-8-10-40(11-9-20)44(42,43)26-3-1-2-21(13-26)16-33;5-3(6,7)1(11)2(12)4(8,9)10/h1-3,6-7,12-13,15,17-20H,4-5,8-11,14H2,(H,38,41)(H2,35,36,37,39);. The molecule has 1 saturated heterocycles. The Hall–Kier alpha value is -5.65. The normalized spacial score (nSPS) is 14.8. The number of rotatable bonds is 6. The third-order valence-corrected chi connectivity index (χ3v) is 10.7. The second kappa shape index (κ2) is 17.0. The number of hydrogen-bond donors (Lipinski definition) is 3. The van der Waals surface area contributed by atoms with Crippen molar-refractivity contribution in [3.8, 4) is 6.07 Å². The van der Waals surface area contributed by atoms with Crippen LogP contribution in [0.1, 0.15) is 36.0 Å². The van der Waals surface area contributed by atoms with Crippen molar-refractivity contribution >= 4 is 67.9 Å². The Morgan fingerprint density at radius 2 is 1.61 bits per heavy atom. The van der Waals surface area contributed by atoms with Crippen molar-refractivity contribution in [3.63, 3.8) is 0 Å². The number of hydrogen-bond acceptors (Lipinski definition) is 11. The molecule has 1 amide bonds. The summed E-state index contributed by atoms with van der Waals surface area (Å²) in [6.45, 7) is 0.635. The molecule has 21 heteroatoms. The average Bonchev–Trinajstić information content (AvgIpc) is 3.15. The number of Topliss-reactive ketones (excluding diaryl/α,β-unsaturated/α-hetero) is 2. The maximum atomic E-state index is 13.2. The van der Waals surface area contributed by atoms with E-state index in [1.165, 1.54) is 22.6 Å². The van der Waals surface area contributed by atoms with E-state index < -0.39 is 33.9 Å². The van der Waals surface area contributed by atoms with Gasteiger partial charge in [0.1, 0.15) is 5.02 Å². The molecule has 294 valence electrons. The number of nitrogens with zero attached hydrogens (tertiary/aromatic N) is 5. The summed E-state index contributed by atoms with van der Waals surface area (Å²) in [5, 5.41) is 19.0. The Kier molecular flexibility index (Phi) is 12.6. The zero-order valence-corrected chi connectivity index (χ0v) is 30.3. The lowest BCUT2D eigenvalue weighted by molar-refractivity contribution is -0.193. The number of sulfonamides is 1. The van der Waals surface area contributed by atoms with Crippen molar-refractivity contribution in [1.29, 1.82) is 5.26 Å². The number of carbonyl (C=O) groups is 3. The molecule has 0 radical (unpaired) electrons. The van der Waals surface area contributed by atoms with Crippen molar-refractivity contribution in [2.24, 2.45) is 5.92 Å². The summed E-state index contributed by atoms with van der Waals surface area (Å²) in [7, 11) is -3.71. The van der Waals surface area contributed by atoms with Crippen LogP contribution < -0.4 is 16.0 Å². The number of benzene rings is 2. The molecule has 6 rings (SSSR count). The highest BCUT2D eigenvalue weighted by Crippen LogP contribution is 2.31. The number of amides is 1. The lowest BCUT2D eigenvalue weighted by atomic mass is 9.94. The van der Waals surface area contributed by atoms with E-state index in [1.54, 1.807) is 18.3 Å². The molecule has 0 spiro atoms. The van der Waals surface area contributed by atoms with E-state index in [0.29, 0.717) is 66.8 Å². The highest BCUT2D eigenvalue weighted by molar-refractivity contribution is 7.89. The minimum absolute atomic E-state index is 0.0494. The number of fused-ring (bicyclic) bond motifs is 6.